The van der Waals surface area contributed by atoms with Crippen LogP contribution in [0, 0.1) is 25.5 Å². The summed E-state index contributed by atoms with van der Waals surface area (Å²) < 4.78 is 36.5. The standard InChI is InChI=1S/C49H52BrF2N9O8/c1-29-14-15-31(25-39(29)60-30(2)24-40(44(50)49(60)68)69-28-32-16-17-33(51)26-36(32)52)45(64)55-22-7-4-10-34-27-59(58-57-34)23-9-13-41(62)54-21-6-3-5-20-53-37-12-8-11-35-43(37)48(67)61(47(35)66)38-18-19-42(63)56-46(38)65/h8,11-12,14-17,24-27,38,53H,3-7,9-10,13,18-23,28H2,1-2H3,(H,54,62)(H,55,64)(H,56,63,65). The van der Waals surface area contributed by atoms with Crippen LogP contribution in [-0.2, 0) is 34.0 Å². The van der Waals surface area contributed by atoms with Gasteiger partial charge in [0.15, 0.2) is 0 Å². The molecule has 3 aromatic carbocycles. The molecule has 69 heavy (non-hydrogen) atoms. The van der Waals surface area contributed by atoms with Gasteiger partial charge in [-0.05, 0) is 123 Å². The van der Waals surface area contributed by atoms with E-state index in [-0.39, 0.29) is 58.2 Å². The summed E-state index contributed by atoms with van der Waals surface area (Å²) in [6, 6.07) is 13.9. The number of unbranched alkanes of at least 4 members (excludes halogenated alkanes) is 3. The number of hydrogen-bond donors (Lipinski definition) is 4. The van der Waals surface area contributed by atoms with Crippen molar-refractivity contribution in [3.8, 4) is 11.4 Å². The Hall–Kier alpha value is -7.09. The van der Waals surface area contributed by atoms with Crippen molar-refractivity contribution in [2.45, 2.75) is 97.2 Å². The number of hydrogen-bond acceptors (Lipinski definition) is 11. The number of nitrogens with zero attached hydrogens (tertiary/aromatic N) is 5. The van der Waals surface area contributed by atoms with Gasteiger partial charge in [0.25, 0.3) is 23.3 Å². The van der Waals surface area contributed by atoms with Gasteiger partial charge in [-0.3, -0.25) is 53.0 Å². The molecule has 7 rings (SSSR count). The first kappa shape index (κ1) is 49.8. The number of piperidine rings is 1. The van der Waals surface area contributed by atoms with E-state index in [2.05, 4.69) is 47.5 Å². The number of pyridine rings is 1. The van der Waals surface area contributed by atoms with E-state index in [1.807, 2.05) is 13.1 Å². The van der Waals surface area contributed by atoms with E-state index in [1.54, 1.807) is 54.1 Å². The Morgan fingerprint density at radius 1 is 0.884 bits per heavy atom. The molecule has 0 aliphatic carbocycles. The lowest BCUT2D eigenvalue weighted by Crippen LogP contribution is -2.54. The van der Waals surface area contributed by atoms with Crippen LogP contribution >= 0.6 is 15.9 Å². The fourth-order valence-electron chi connectivity index (χ4n) is 8.20. The lowest BCUT2D eigenvalue weighted by atomic mass is 10.0. The number of carbonyl (C=O) groups excluding carboxylic acids is 6. The van der Waals surface area contributed by atoms with Crippen LogP contribution < -0.4 is 31.6 Å². The van der Waals surface area contributed by atoms with Crippen LogP contribution in [0.1, 0.15) is 111 Å². The van der Waals surface area contributed by atoms with Gasteiger partial charge in [-0.25, -0.2) is 8.78 Å². The van der Waals surface area contributed by atoms with Gasteiger partial charge in [-0.1, -0.05) is 17.3 Å². The Morgan fingerprint density at radius 3 is 2.46 bits per heavy atom. The van der Waals surface area contributed by atoms with E-state index in [9.17, 15) is 42.3 Å². The Bertz CT molecular complexity index is 2850. The molecule has 0 radical (unpaired) electrons. The van der Waals surface area contributed by atoms with Gasteiger partial charge >= 0.3 is 0 Å². The Balaban J connectivity index is 0.760. The minimum absolute atomic E-state index is 0.0516. The molecule has 1 unspecified atom stereocenters. The molecule has 0 saturated carbocycles. The van der Waals surface area contributed by atoms with Crippen LogP contribution in [0.25, 0.3) is 5.69 Å². The number of carbonyl (C=O) groups is 6. The SMILES string of the molecule is Cc1ccc(C(=O)NCCCCc2cn(CCCC(=O)NCCCCCNc3cccc4c3C(=O)N(C3CCC(=O)NC3=O)C4=O)nn2)cc1-n1c(C)cc(OCc2ccc(F)cc2F)c(Br)c1=O. The second-order valence-corrected chi connectivity index (χ2v) is 17.7. The van der Waals surface area contributed by atoms with Crippen molar-refractivity contribution < 1.29 is 42.3 Å². The molecule has 0 spiro atoms. The molecular formula is C49H52BrF2N9O8. The van der Waals surface area contributed by atoms with Crippen LogP contribution in [0.2, 0.25) is 0 Å². The molecule has 2 aliphatic heterocycles. The highest BCUT2D eigenvalue weighted by Gasteiger charge is 2.45. The lowest BCUT2D eigenvalue weighted by molar-refractivity contribution is -0.136. The molecule has 362 valence electrons. The Kier molecular flexibility index (Phi) is 16.5. The number of aryl methyl sites for hydroxylation is 4. The average molecular weight is 1010 g/mol. The number of halogens is 3. The van der Waals surface area contributed by atoms with Crippen molar-refractivity contribution in [2.75, 3.05) is 25.0 Å². The van der Waals surface area contributed by atoms with Gasteiger partial charge in [-0.15, -0.1) is 5.10 Å². The minimum atomic E-state index is -1.03. The highest BCUT2D eigenvalue weighted by atomic mass is 79.9. The monoisotopic (exact) mass is 1010 g/mol. The molecule has 1 saturated heterocycles. The topological polar surface area (TPSA) is 216 Å². The summed E-state index contributed by atoms with van der Waals surface area (Å²) in [7, 11) is 0. The fourth-order valence-corrected chi connectivity index (χ4v) is 8.61. The quantitative estimate of drug-likeness (QED) is 0.0466. The van der Waals surface area contributed by atoms with E-state index in [4.69, 9.17) is 4.74 Å². The number of rotatable bonds is 22. The number of benzene rings is 3. The summed E-state index contributed by atoms with van der Waals surface area (Å²) in [5, 5.41) is 19.8. The van der Waals surface area contributed by atoms with E-state index < -0.39 is 46.9 Å². The summed E-state index contributed by atoms with van der Waals surface area (Å²) in [5.74, 6) is -3.80. The maximum absolute atomic E-state index is 14.2. The van der Waals surface area contributed by atoms with Crippen LogP contribution in [-0.4, -0.2) is 85.6 Å². The number of amides is 6. The number of ether oxygens (including phenoxy) is 1. The molecule has 6 amide bonds. The number of nitrogens with one attached hydrogen (secondary N) is 4. The molecule has 0 bridgehead atoms. The van der Waals surface area contributed by atoms with Crippen molar-refractivity contribution in [1.29, 1.82) is 0 Å². The highest BCUT2D eigenvalue weighted by Crippen LogP contribution is 2.33. The largest absolute Gasteiger partial charge is 0.487 e. The van der Waals surface area contributed by atoms with Gasteiger partial charge in [0.2, 0.25) is 17.7 Å². The second-order valence-electron chi connectivity index (χ2n) is 16.9. The first-order valence-corrected chi connectivity index (χ1v) is 23.6. The van der Waals surface area contributed by atoms with Crippen LogP contribution in [0.15, 0.2) is 76.1 Å². The molecule has 17 nitrogen and oxygen atoms in total. The number of anilines is 1. The third kappa shape index (κ3) is 12.1. The zero-order chi connectivity index (χ0) is 49.2. The molecular weight excluding hydrogens is 960 g/mol. The molecule has 4 N–H and O–H groups in total. The first-order valence-electron chi connectivity index (χ1n) is 22.8. The van der Waals surface area contributed by atoms with Crippen LogP contribution in [0.3, 0.4) is 0 Å². The predicted molar refractivity (Wildman–Crippen MR) is 253 cm³/mol. The third-order valence-corrected chi connectivity index (χ3v) is 12.6. The molecule has 2 aromatic heterocycles. The number of imide groups is 2. The zero-order valence-electron chi connectivity index (χ0n) is 38.2. The highest BCUT2D eigenvalue weighted by molar-refractivity contribution is 9.10. The van der Waals surface area contributed by atoms with Crippen LogP contribution in [0.4, 0.5) is 14.5 Å². The molecule has 5 aromatic rings. The maximum Gasteiger partial charge on any atom is 0.273 e. The van der Waals surface area contributed by atoms with E-state index >= 15 is 0 Å². The van der Waals surface area contributed by atoms with Crippen molar-refractivity contribution in [1.82, 2.24) is 40.4 Å². The van der Waals surface area contributed by atoms with Gasteiger partial charge in [0, 0.05) is 79.9 Å². The zero-order valence-corrected chi connectivity index (χ0v) is 39.8. The summed E-state index contributed by atoms with van der Waals surface area (Å²) in [6.45, 7) is 5.34. The van der Waals surface area contributed by atoms with Gasteiger partial charge in [-0.2, -0.15) is 0 Å². The summed E-state index contributed by atoms with van der Waals surface area (Å²) in [5.41, 5.74) is 3.63. The second kappa shape index (κ2) is 22.8. The fraction of sp³-hybridized carbons (Fsp3) is 0.367. The van der Waals surface area contributed by atoms with Gasteiger partial charge < -0.3 is 20.7 Å². The van der Waals surface area contributed by atoms with E-state index in [0.29, 0.717) is 74.5 Å². The van der Waals surface area contributed by atoms with E-state index in [1.165, 1.54) is 10.6 Å². The molecule has 4 heterocycles. The molecule has 20 heteroatoms. The molecule has 1 atom stereocenters. The summed E-state index contributed by atoms with van der Waals surface area (Å²) in [4.78, 5) is 90.5. The van der Waals surface area contributed by atoms with Gasteiger partial charge in [0.1, 0.15) is 34.5 Å². The molecule has 2 aliphatic rings. The van der Waals surface area contributed by atoms with Crippen LogP contribution in [0.5, 0.6) is 5.75 Å². The van der Waals surface area contributed by atoms with Gasteiger partial charge in [0.05, 0.1) is 22.5 Å². The average Bonchev–Trinajstić information content (AvgIpc) is 3.88. The van der Waals surface area contributed by atoms with Crippen molar-refractivity contribution in [3.63, 3.8) is 0 Å². The molecule has 1 fully saturated rings. The summed E-state index contributed by atoms with van der Waals surface area (Å²) in [6.07, 6.45) is 7.33. The Labute approximate surface area is 404 Å². The first-order chi connectivity index (χ1) is 33.2. The normalized spacial score (nSPS) is 14.4. The summed E-state index contributed by atoms with van der Waals surface area (Å²) >= 11 is 3.32. The van der Waals surface area contributed by atoms with Crippen molar-refractivity contribution in [3.05, 3.63) is 133 Å². The maximum atomic E-state index is 14.2. The van der Waals surface area contributed by atoms with Crippen molar-refractivity contribution in [2.24, 2.45) is 0 Å². The third-order valence-electron chi connectivity index (χ3n) is 11.9. The van der Waals surface area contributed by atoms with E-state index in [0.717, 1.165) is 54.0 Å². The smallest absolute Gasteiger partial charge is 0.273 e. The number of aromatic nitrogens is 4. The predicted octanol–water partition coefficient (Wildman–Crippen LogP) is 6.00. The number of fused-ring (bicyclic) bond motifs is 1. The lowest BCUT2D eigenvalue weighted by Gasteiger charge is -2.27. The Morgan fingerprint density at radius 2 is 1.67 bits per heavy atom. The van der Waals surface area contributed by atoms with Crippen molar-refractivity contribution >= 4 is 57.1 Å². The minimum Gasteiger partial charge on any atom is -0.487 e.